The molecule has 0 aromatic heterocycles. The van der Waals surface area contributed by atoms with Crippen molar-refractivity contribution in [2.24, 2.45) is 0 Å². The Hall–Kier alpha value is -2.82. The SMILES string of the molecule is CCOc1ccccc1C(=O)Oc1ccc(NC(C)=O)cc1. The van der Waals surface area contributed by atoms with Crippen molar-refractivity contribution in [3.8, 4) is 11.5 Å². The molecule has 0 aliphatic heterocycles. The number of carbonyl (C=O) groups is 2. The topological polar surface area (TPSA) is 64.6 Å². The van der Waals surface area contributed by atoms with Gasteiger partial charge in [-0.3, -0.25) is 4.79 Å². The van der Waals surface area contributed by atoms with Gasteiger partial charge in [-0.15, -0.1) is 0 Å². The van der Waals surface area contributed by atoms with Crippen molar-refractivity contribution >= 4 is 17.6 Å². The molecular formula is C17H17NO4. The third-order valence-electron chi connectivity index (χ3n) is 2.79. The first-order valence-electron chi connectivity index (χ1n) is 6.92. The van der Waals surface area contributed by atoms with Gasteiger partial charge in [0.15, 0.2) is 0 Å². The molecule has 0 fully saturated rings. The second-order valence-corrected chi connectivity index (χ2v) is 4.52. The molecule has 0 aliphatic carbocycles. The molecule has 1 N–H and O–H groups in total. The van der Waals surface area contributed by atoms with Gasteiger partial charge in [-0.1, -0.05) is 12.1 Å². The second kappa shape index (κ2) is 7.26. The van der Waals surface area contributed by atoms with E-state index in [4.69, 9.17) is 9.47 Å². The first-order chi connectivity index (χ1) is 10.6. The monoisotopic (exact) mass is 299 g/mol. The smallest absolute Gasteiger partial charge is 0.347 e. The molecule has 0 saturated carbocycles. The molecule has 0 atom stereocenters. The maximum Gasteiger partial charge on any atom is 0.347 e. The van der Waals surface area contributed by atoms with E-state index in [9.17, 15) is 9.59 Å². The van der Waals surface area contributed by atoms with Crippen LogP contribution < -0.4 is 14.8 Å². The molecule has 5 heteroatoms. The van der Waals surface area contributed by atoms with E-state index >= 15 is 0 Å². The Balaban J connectivity index is 2.10. The molecule has 1 amide bonds. The third-order valence-corrected chi connectivity index (χ3v) is 2.79. The molecule has 114 valence electrons. The van der Waals surface area contributed by atoms with Crippen molar-refractivity contribution in [2.75, 3.05) is 11.9 Å². The van der Waals surface area contributed by atoms with Crippen LogP contribution in [-0.4, -0.2) is 18.5 Å². The largest absolute Gasteiger partial charge is 0.493 e. The number of hydrogen-bond donors (Lipinski definition) is 1. The zero-order valence-corrected chi connectivity index (χ0v) is 12.5. The van der Waals surface area contributed by atoms with Crippen LogP contribution in [0.3, 0.4) is 0 Å². The number of para-hydroxylation sites is 1. The summed E-state index contributed by atoms with van der Waals surface area (Å²) in [4.78, 5) is 23.1. The fourth-order valence-electron chi connectivity index (χ4n) is 1.89. The van der Waals surface area contributed by atoms with Gasteiger partial charge in [0.25, 0.3) is 0 Å². The number of anilines is 1. The molecule has 0 radical (unpaired) electrons. The highest BCUT2D eigenvalue weighted by molar-refractivity contribution is 5.94. The molecule has 5 nitrogen and oxygen atoms in total. The molecule has 22 heavy (non-hydrogen) atoms. The van der Waals surface area contributed by atoms with E-state index in [-0.39, 0.29) is 5.91 Å². The fourth-order valence-corrected chi connectivity index (χ4v) is 1.89. The molecule has 2 rings (SSSR count). The van der Waals surface area contributed by atoms with Crippen LogP contribution in [0.4, 0.5) is 5.69 Å². The van der Waals surface area contributed by atoms with Gasteiger partial charge in [0.05, 0.1) is 6.61 Å². The van der Waals surface area contributed by atoms with Crippen molar-refractivity contribution in [2.45, 2.75) is 13.8 Å². The summed E-state index contributed by atoms with van der Waals surface area (Å²) in [5, 5.41) is 2.64. The van der Waals surface area contributed by atoms with Crippen molar-refractivity contribution in [3.63, 3.8) is 0 Å². The predicted molar refractivity (Wildman–Crippen MR) is 83.3 cm³/mol. The summed E-state index contributed by atoms with van der Waals surface area (Å²) in [6, 6.07) is 13.5. The van der Waals surface area contributed by atoms with Gasteiger partial charge in [-0.2, -0.15) is 0 Å². The zero-order valence-electron chi connectivity index (χ0n) is 12.5. The zero-order chi connectivity index (χ0) is 15.9. The van der Waals surface area contributed by atoms with E-state index < -0.39 is 5.97 Å². The Morgan fingerprint density at radius 2 is 1.73 bits per heavy atom. The molecular weight excluding hydrogens is 282 g/mol. The average molecular weight is 299 g/mol. The number of hydrogen-bond acceptors (Lipinski definition) is 4. The first kappa shape index (κ1) is 15.6. The van der Waals surface area contributed by atoms with Crippen LogP contribution in [0.1, 0.15) is 24.2 Å². The third kappa shape index (κ3) is 4.09. The molecule has 2 aromatic rings. The van der Waals surface area contributed by atoms with Crippen LogP contribution in [0.15, 0.2) is 48.5 Å². The standard InChI is InChI=1S/C17H17NO4/c1-3-21-16-7-5-4-6-15(16)17(20)22-14-10-8-13(9-11-14)18-12(2)19/h4-11H,3H2,1-2H3,(H,18,19). The van der Waals surface area contributed by atoms with Gasteiger partial charge in [-0.25, -0.2) is 4.79 Å². The maximum atomic E-state index is 12.2. The number of nitrogens with one attached hydrogen (secondary N) is 1. The minimum atomic E-state index is -0.490. The van der Waals surface area contributed by atoms with Crippen LogP contribution in [-0.2, 0) is 4.79 Å². The first-order valence-corrected chi connectivity index (χ1v) is 6.92. The molecule has 0 aliphatic rings. The number of amides is 1. The number of benzene rings is 2. The quantitative estimate of drug-likeness (QED) is 0.680. The Kier molecular flexibility index (Phi) is 5.14. The second-order valence-electron chi connectivity index (χ2n) is 4.52. The Bertz CT molecular complexity index is 665. The highest BCUT2D eigenvalue weighted by atomic mass is 16.5. The van der Waals surface area contributed by atoms with Crippen molar-refractivity contribution in [1.82, 2.24) is 0 Å². The molecule has 0 spiro atoms. The number of carbonyl (C=O) groups excluding carboxylic acids is 2. The molecule has 0 saturated heterocycles. The summed E-state index contributed by atoms with van der Waals surface area (Å²) in [5.41, 5.74) is 1.01. The lowest BCUT2D eigenvalue weighted by molar-refractivity contribution is -0.114. The van der Waals surface area contributed by atoms with Crippen molar-refractivity contribution in [1.29, 1.82) is 0 Å². The van der Waals surface area contributed by atoms with Crippen LogP contribution in [0.25, 0.3) is 0 Å². The Morgan fingerprint density at radius 1 is 1.05 bits per heavy atom. The van der Waals surface area contributed by atoms with Gasteiger partial charge in [0, 0.05) is 12.6 Å². The van der Waals surface area contributed by atoms with Gasteiger partial charge >= 0.3 is 5.97 Å². The highest BCUT2D eigenvalue weighted by Gasteiger charge is 2.14. The van der Waals surface area contributed by atoms with Gasteiger partial charge in [0.1, 0.15) is 17.1 Å². The lowest BCUT2D eigenvalue weighted by Gasteiger charge is -2.10. The molecule has 0 unspecified atom stereocenters. The van der Waals surface area contributed by atoms with Crippen molar-refractivity contribution < 1.29 is 19.1 Å². The Morgan fingerprint density at radius 3 is 2.36 bits per heavy atom. The lowest BCUT2D eigenvalue weighted by atomic mass is 10.2. The maximum absolute atomic E-state index is 12.2. The van der Waals surface area contributed by atoms with Crippen LogP contribution >= 0.6 is 0 Å². The minimum absolute atomic E-state index is 0.157. The summed E-state index contributed by atoms with van der Waals surface area (Å²) in [5.74, 6) is 0.238. The van der Waals surface area contributed by atoms with E-state index in [1.54, 1.807) is 48.5 Å². The van der Waals surface area contributed by atoms with E-state index in [1.807, 2.05) is 6.92 Å². The fraction of sp³-hybridized carbons (Fsp3) is 0.176. The summed E-state index contributed by atoms with van der Waals surface area (Å²) in [6.07, 6.45) is 0. The minimum Gasteiger partial charge on any atom is -0.493 e. The van der Waals surface area contributed by atoms with E-state index in [1.165, 1.54) is 6.92 Å². The lowest BCUT2D eigenvalue weighted by Crippen LogP contribution is -2.11. The number of ether oxygens (including phenoxy) is 2. The summed E-state index contributed by atoms with van der Waals surface area (Å²) in [6.45, 7) is 3.75. The Labute approximate surface area is 128 Å². The average Bonchev–Trinajstić information content (AvgIpc) is 2.49. The summed E-state index contributed by atoms with van der Waals surface area (Å²) < 4.78 is 10.7. The number of esters is 1. The van der Waals surface area contributed by atoms with Crippen LogP contribution in [0.5, 0.6) is 11.5 Å². The number of rotatable bonds is 5. The van der Waals surface area contributed by atoms with Gasteiger partial charge in [-0.05, 0) is 43.3 Å². The predicted octanol–water partition coefficient (Wildman–Crippen LogP) is 3.26. The van der Waals surface area contributed by atoms with Gasteiger partial charge in [0.2, 0.25) is 5.91 Å². The molecule has 0 bridgehead atoms. The highest BCUT2D eigenvalue weighted by Crippen LogP contribution is 2.22. The van der Waals surface area contributed by atoms with Gasteiger partial charge < -0.3 is 14.8 Å². The molecule has 2 aromatic carbocycles. The van der Waals surface area contributed by atoms with E-state index in [0.717, 1.165) is 0 Å². The summed E-state index contributed by atoms with van der Waals surface area (Å²) >= 11 is 0. The normalized spacial score (nSPS) is 9.91. The van der Waals surface area contributed by atoms with E-state index in [2.05, 4.69) is 5.32 Å². The van der Waals surface area contributed by atoms with Crippen molar-refractivity contribution in [3.05, 3.63) is 54.1 Å². The summed E-state index contributed by atoms with van der Waals surface area (Å²) in [7, 11) is 0. The molecule has 0 heterocycles. The van der Waals surface area contributed by atoms with Crippen LogP contribution in [0.2, 0.25) is 0 Å². The van der Waals surface area contributed by atoms with E-state index in [0.29, 0.717) is 29.4 Å². The van der Waals surface area contributed by atoms with Crippen LogP contribution in [0, 0.1) is 0 Å².